The van der Waals surface area contributed by atoms with Crippen LogP contribution in [0.5, 0.6) is 0 Å². The summed E-state index contributed by atoms with van der Waals surface area (Å²) in [6.45, 7) is 3.27. The first-order valence-electron chi connectivity index (χ1n) is 5.51. The van der Waals surface area contributed by atoms with Crippen LogP contribution in [0, 0.1) is 0 Å². The highest BCUT2D eigenvalue weighted by molar-refractivity contribution is 4.82. The van der Waals surface area contributed by atoms with Crippen molar-refractivity contribution in [1.29, 1.82) is 0 Å². The van der Waals surface area contributed by atoms with E-state index in [0.717, 1.165) is 6.54 Å². The first-order valence-corrected chi connectivity index (χ1v) is 5.51. The van der Waals surface area contributed by atoms with Gasteiger partial charge in [0, 0.05) is 25.0 Å². The van der Waals surface area contributed by atoms with Crippen molar-refractivity contribution in [2.24, 2.45) is 0 Å². The Labute approximate surface area is 88.6 Å². The molecular formula is C10H19F3N2. The Hall–Kier alpha value is -0.290. The highest BCUT2D eigenvalue weighted by atomic mass is 19.4. The van der Waals surface area contributed by atoms with Gasteiger partial charge in [-0.3, -0.25) is 0 Å². The van der Waals surface area contributed by atoms with Gasteiger partial charge in [0.2, 0.25) is 0 Å². The molecule has 0 bridgehead atoms. The maximum atomic E-state index is 11.8. The quantitative estimate of drug-likeness (QED) is 0.647. The minimum atomic E-state index is -4.02. The fourth-order valence-corrected chi connectivity index (χ4v) is 1.34. The number of hydrogen-bond donors (Lipinski definition) is 2. The third-order valence-corrected chi connectivity index (χ3v) is 2.42. The van der Waals surface area contributed by atoms with Gasteiger partial charge in [-0.15, -0.1) is 0 Å². The van der Waals surface area contributed by atoms with Crippen LogP contribution in [0.3, 0.4) is 0 Å². The van der Waals surface area contributed by atoms with Crippen molar-refractivity contribution in [2.75, 3.05) is 13.1 Å². The molecule has 1 saturated carbocycles. The molecule has 1 aliphatic rings. The van der Waals surface area contributed by atoms with Gasteiger partial charge < -0.3 is 10.6 Å². The molecule has 5 heteroatoms. The first-order chi connectivity index (χ1) is 6.97. The van der Waals surface area contributed by atoms with Crippen molar-refractivity contribution in [3.8, 4) is 0 Å². The summed E-state index contributed by atoms with van der Waals surface area (Å²) in [6.07, 6.45) is -2.07. The molecule has 0 amide bonds. The standard InChI is InChI=1S/C10H19F3N2/c1-8(7-15-9-3-4-9)14-6-2-5-10(11,12)13/h8-9,14-15H,2-7H2,1H3. The number of nitrogens with one attached hydrogen (secondary N) is 2. The van der Waals surface area contributed by atoms with Crippen molar-refractivity contribution in [1.82, 2.24) is 10.6 Å². The third-order valence-electron chi connectivity index (χ3n) is 2.42. The van der Waals surface area contributed by atoms with Gasteiger partial charge in [-0.25, -0.2) is 0 Å². The van der Waals surface area contributed by atoms with Crippen LogP contribution < -0.4 is 10.6 Å². The Morgan fingerprint density at radius 1 is 1.33 bits per heavy atom. The predicted octanol–water partition coefficient (Wildman–Crippen LogP) is 2.06. The van der Waals surface area contributed by atoms with E-state index < -0.39 is 12.6 Å². The molecule has 0 heterocycles. The number of halogens is 3. The Bertz CT molecular complexity index is 178. The fourth-order valence-electron chi connectivity index (χ4n) is 1.34. The predicted molar refractivity (Wildman–Crippen MR) is 53.8 cm³/mol. The third kappa shape index (κ3) is 7.62. The lowest BCUT2D eigenvalue weighted by Crippen LogP contribution is -2.37. The molecule has 1 fully saturated rings. The zero-order valence-electron chi connectivity index (χ0n) is 9.03. The van der Waals surface area contributed by atoms with Gasteiger partial charge in [0.25, 0.3) is 0 Å². The van der Waals surface area contributed by atoms with Crippen LogP contribution in [0.15, 0.2) is 0 Å². The second kappa shape index (κ2) is 5.70. The summed E-state index contributed by atoms with van der Waals surface area (Å²) in [7, 11) is 0. The highest BCUT2D eigenvalue weighted by Gasteiger charge is 2.26. The van der Waals surface area contributed by atoms with Gasteiger partial charge in [0.1, 0.15) is 0 Å². The molecule has 0 saturated heterocycles. The van der Waals surface area contributed by atoms with E-state index in [0.29, 0.717) is 12.6 Å². The van der Waals surface area contributed by atoms with E-state index in [4.69, 9.17) is 0 Å². The lowest BCUT2D eigenvalue weighted by molar-refractivity contribution is -0.135. The summed E-state index contributed by atoms with van der Waals surface area (Å²) in [4.78, 5) is 0. The minimum absolute atomic E-state index is 0.164. The van der Waals surface area contributed by atoms with Crippen molar-refractivity contribution >= 4 is 0 Å². The van der Waals surface area contributed by atoms with E-state index in [1.165, 1.54) is 12.8 Å². The largest absolute Gasteiger partial charge is 0.389 e. The molecule has 1 atom stereocenters. The fraction of sp³-hybridized carbons (Fsp3) is 1.00. The summed E-state index contributed by atoms with van der Waals surface area (Å²) in [5.74, 6) is 0. The molecule has 0 aliphatic heterocycles. The van der Waals surface area contributed by atoms with Crippen LogP contribution in [0.4, 0.5) is 13.2 Å². The molecule has 15 heavy (non-hydrogen) atoms. The first kappa shape index (κ1) is 12.8. The SMILES string of the molecule is CC(CNC1CC1)NCCCC(F)(F)F. The molecular weight excluding hydrogens is 205 g/mol. The molecule has 1 unspecified atom stereocenters. The van der Waals surface area contributed by atoms with E-state index in [-0.39, 0.29) is 12.5 Å². The summed E-state index contributed by atoms with van der Waals surface area (Å²) < 4.78 is 35.4. The van der Waals surface area contributed by atoms with Crippen molar-refractivity contribution in [3.63, 3.8) is 0 Å². The molecule has 0 spiro atoms. The zero-order valence-corrected chi connectivity index (χ0v) is 9.03. The normalized spacial score (nSPS) is 19.2. The van der Waals surface area contributed by atoms with E-state index in [2.05, 4.69) is 10.6 Å². The van der Waals surface area contributed by atoms with Crippen molar-refractivity contribution in [2.45, 2.75) is 50.9 Å². The van der Waals surface area contributed by atoms with Gasteiger partial charge in [-0.05, 0) is 32.7 Å². The molecule has 0 aromatic rings. The van der Waals surface area contributed by atoms with Crippen LogP contribution in [0.1, 0.15) is 32.6 Å². The summed E-state index contributed by atoms with van der Waals surface area (Å²) in [6, 6.07) is 0.906. The average Bonchev–Trinajstić information content (AvgIpc) is 2.91. The molecule has 0 radical (unpaired) electrons. The van der Waals surface area contributed by atoms with Crippen LogP contribution in [0.25, 0.3) is 0 Å². The Balaban J connectivity index is 1.89. The molecule has 90 valence electrons. The second-order valence-electron chi connectivity index (χ2n) is 4.26. The van der Waals surface area contributed by atoms with Crippen molar-refractivity contribution < 1.29 is 13.2 Å². The molecule has 0 aromatic carbocycles. The van der Waals surface area contributed by atoms with Gasteiger partial charge in [-0.2, -0.15) is 13.2 Å². The van der Waals surface area contributed by atoms with Gasteiger partial charge >= 0.3 is 6.18 Å². The minimum Gasteiger partial charge on any atom is -0.313 e. The van der Waals surface area contributed by atoms with Crippen LogP contribution >= 0.6 is 0 Å². The van der Waals surface area contributed by atoms with Gasteiger partial charge in [0.05, 0.1) is 0 Å². The number of hydrogen-bond acceptors (Lipinski definition) is 2. The summed E-state index contributed by atoms with van der Waals surface area (Å²) in [5, 5.41) is 6.40. The van der Waals surface area contributed by atoms with Gasteiger partial charge in [0.15, 0.2) is 0 Å². The molecule has 2 nitrogen and oxygen atoms in total. The lowest BCUT2D eigenvalue weighted by Gasteiger charge is -2.14. The molecule has 1 rings (SSSR count). The maximum Gasteiger partial charge on any atom is 0.389 e. The number of alkyl halides is 3. The Morgan fingerprint density at radius 3 is 2.53 bits per heavy atom. The van der Waals surface area contributed by atoms with Crippen LogP contribution in [-0.4, -0.2) is 31.3 Å². The van der Waals surface area contributed by atoms with E-state index >= 15 is 0 Å². The zero-order chi connectivity index (χ0) is 11.3. The summed E-state index contributed by atoms with van der Waals surface area (Å²) >= 11 is 0. The molecule has 2 N–H and O–H groups in total. The van der Waals surface area contributed by atoms with E-state index in [9.17, 15) is 13.2 Å². The van der Waals surface area contributed by atoms with Crippen LogP contribution in [-0.2, 0) is 0 Å². The maximum absolute atomic E-state index is 11.8. The van der Waals surface area contributed by atoms with E-state index in [1.807, 2.05) is 6.92 Å². The number of rotatable bonds is 7. The Kier molecular flexibility index (Phi) is 4.86. The second-order valence-corrected chi connectivity index (χ2v) is 4.26. The molecule has 1 aliphatic carbocycles. The van der Waals surface area contributed by atoms with E-state index in [1.54, 1.807) is 0 Å². The summed E-state index contributed by atoms with van der Waals surface area (Å²) in [5.41, 5.74) is 0. The molecule has 0 aromatic heterocycles. The highest BCUT2D eigenvalue weighted by Crippen LogP contribution is 2.20. The topological polar surface area (TPSA) is 24.1 Å². The van der Waals surface area contributed by atoms with Gasteiger partial charge in [-0.1, -0.05) is 0 Å². The lowest BCUT2D eigenvalue weighted by atomic mass is 10.2. The van der Waals surface area contributed by atoms with Crippen molar-refractivity contribution in [3.05, 3.63) is 0 Å². The van der Waals surface area contributed by atoms with Crippen LogP contribution in [0.2, 0.25) is 0 Å². The Morgan fingerprint density at radius 2 is 2.00 bits per heavy atom. The monoisotopic (exact) mass is 224 g/mol. The smallest absolute Gasteiger partial charge is 0.313 e. The average molecular weight is 224 g/mol.